The van der Waals surface area contributed by atoms with Crippen molar-refractivity contribution in [2.45, 2.75) is 31.3 Å². The van der Waals surface area contributed by atoms with Crippen LogP contribution in [-0.2, 0) is 10.2 Å². The van der Waals surface area contributed by atoms with E-state index < -0.39 is 6.10 Å². The minimum atomic E-state index is -0.526. The lowest BCUT2D eigenvalue weighted by Gasteiger charge is -2.37. The molecule has 1 unspecified atom stereocenters. The highest BCUT2D eigenvalue weighted by Gasteiger charge is 2.35. The number of aliphatic hydroxyl groups is 1. The summed E-state index contributed by atoms with van der Waals surface area (Å²) < 4.78 is 11.2. The topological polar surface area (TPSA) is 50.7 Å². The van der Waals surface area contributed by atoms with Crippen LogP contribution in [0.15, 0.2) is 41.8 Å². The van der Waals surface area contributed by atoms with Crippen molar-refractivity contribution in [3.63, 3.8) is 0 Å². The molecule has 136 valence electrons. The van der Waals surface area contributed by atoms with E-state index in [4.69, 9.17) is 9.47 Å². The maximum absolute atomic E-state index is 10.2. The molecule has 0 amide bonds. The molecular formula is C20H27NO3S. The Kier molecular flexibility index (Phi) is 6.48. The zero-order valence-corrected chi connectivity index (χ0v) is 15.6. The second-order valence-electron chi connectivity index (χ2n) is 6.78. The number of hydrogen-bond acceptors (Lipinski definition) is 5. The van der Waals surface area contributed by atoms with Crippen molar-refractivity contribution >= 4 is 11.3 Å². The van der Waals surface area contributed by atoms with Crippen LogP contribution in [0, 0.1) is 6.92 Å². The Morgan fingerprint density at radius 2 is 2.00 bits per heavy atom. The van der Waals surface area contributed by atoms with E-state index in [1.807, 2.05) is 42.5 Å². The molecule has 1 saturated heterocycles. The summed E-state index contributed by atoms with van der Waals surface area (Å²) in [5.74, 6) is 0.795. The van der Waals surface area contributed by atoms with E-state index in [0.717, 1.165) is 38.3 Å². The largest absolute Gasteiger partial charge is 0.491 e. The summed E-state index contributed by atoms with van der Waals surface area (Å²) in [4.78, 5) is 1.41. The minimum absolute atomic E-state index is 0.129. The number of nitrogens with one attached hydrogen (secondary N) is 1. The van der Waals surface area contributed by atoms with E-state index in [1.54, 1.807) is 0 Å². The summed E-state index contributed by atoms with van der Waals surface area (Å²) in [6, 6.07) is 12.2. The molecule has 4 nitrogen and oxygen atoms in total. The molecule has 5 heteroatoms. The SMILES string of the molecule is Cc1ccc(OCC(O)CNCC2(c3cccs3)CCOCC2)cc1. The Hall–Kier alpha value is -1.40. The van der Waals surface area contributed by atoms with Crippen molar-refractivity contribution in [3.8, 4) is 5.75 Å². The van der Waals surface area contributed by atoms with Crippen molar-refractivity contribution < 1.29 is 14.6 Å². The Balaban J connectivity index is 1.46. The zero-order chi connectivity index (χ0) is 17.5. The summed E-state index contributed by atoms with van der Waals surface area (Å²) in [7, 11) is 0. The summed E-state index contributed by atoms with van der Waals surface area (Å²) >= 11 is 1.81. The van der Waals surface area contributed by atoms with Crippen molar-refractivity contribution in [2.75, 3.05) is 32.9 Å². The molecule has 1 aromatic heterocycles. The highest BCUT2D eigenvalue weighted by atomic mass is 32.1. The molecule has 1 atom stereocenters. The molecule has 1 aliphatic rings. The van der Waals surface area contributed by atoms with E-state index in [0.29, 0.717) is 13.2 Å². The monoisotopic (exact) mass is 361 g/mol. The zero-order valence-electron chi connectivity index (χ0n) is 14.7. The summed E-state index contributed by atoms with van der Waals surface area (Å²) in [6.45, 7) is 5.34. The number of thiophene rings is 1. The van der Waals surface area contributed by atoms with Gasteiger partial charge in [-0.1, -0.05) is 23.8 Å². The first-order valence-electron chi connectivity index (χ1n) is 8.88. The molecule has 0 spiro atoms. The van der Waals surface area contributed by atoms with Crippen LogP contribution >= 0.6 is 11.3 Å². The molecule has 0 bridgehead atoms. The lowest BCUT2D eigenvalue weighted by molar-refractivity contribution is 0.0482. The second kappa shape index (κ2) is 8.81. The lowest BCUT2D eigenvalue weighted by atomic mass is 9.78. The van der Waals surface area contributed by atoms with Crippen molar-refractivity contribution in [1.82, 2.24) is 5.32 Å². The first kappa shape index (κ1) is 18.4. The molecule has 0 aliphatic carbocycles. The number of ether oxygens (including phenoxy) is 2. The number of benzene rings is 1. The van der Waals surface area contributed by atoms with Gasteiger partial charge in [0.1, 0.15) is 18.5 Å². The van der Waals surface area contributed by atoms with Gasteiger partial charge < -0.3 is 19.9 Å². The van der Waals surface area contributed by atoms with Gasteiger partial charge in [-0.2, -0.15) is 0 Å². The first-order valence-corrected chi connectivity index (χ1v) is 9.76. The molecule has 1 aromatic carbocycles. The molecule has 0 saturated carbocycles. The molecule has 25 heavy (non-hydrogen) atoms. The molecule has 1 fully saturated rings. The predicted molar refractivity (Wildman–Crippen MR) is 102 cm³/mol. The third-order valence-electron chi connectivity index (χ3n) is 4.80. The van der Waals surface area contributed by atoms with Gasteiger partial charge in [0.25, 0.3) is 0 Å². The van der Waals surface area contributed by atoms with Crippen LogP contribution in [0.5, 0.6) is 5.75 Å². The molecule has 1 aliphatic heterocycles. The average Bonchev–Trinajstić information content (AvgIpc) is 3.17. The normalized spacial score (nSPS) is 18.0. The van der Waals surface area contributed by atoms with Gasteiger partial charge in [-0.05, 0) is 43.3 Å². The lowest BCUT2D eigenvalue weighted by Crippen LogP contribution is -2.44. The number of hydrogen-bond donors (Lipinski definition) is 2. The van der Waals surface area contributed by atoms with Crippen LogP contribution in [0.3, 0.4) is 0 Å². The third kappa shape index (κ3) is 5.05. The maximum atomic E-state index is 10.2. The van der Waals surface area contributed by atoms with Gasteiger partial charge in [-0.3, -0.25) is 0 Å². The number of aliphatic hydroxyl groups excluding tert-OH is 1. The van der Waals surface area contributed by atoms with E-state index in [-0.39, 0.29) is 5.41 Å². The molecule has 2 aromatic rings. The quantitative estimate of drug-likeness (QED) is 0.758. The Bertz CT molecular complexity index is 621. The van der Waals surface area contributed by atoms with Crippen molar-refractivity contribution in [3.05, 3.63) is 52.2 Å². The van der Waals surface area contributed by atoms with E-state index in [1.165, 1.54) is 10.4 Å². The minimum Gasteiger partial charge on any atom is -0.491 e. The van der Waals surface area contributed by atoms with Gasteiger partial charge >= 0.3 is 0 Å². The van der Waals surface area contributed by atoms with Crippen LogP contribution < -0.4 is 10.1 Å². The van der Waals surface area contributed by atoms with Crippen LogP contribution in [0.4, 0.5) is 0 Å². The standard InChI is InChI=1S/C20H27NO3S/c1-16-4-6-18(7-5-16)24-14-17(22)13-21-15-20(8-10-23-11-9-20)19-3-2-12-25-19/h2-7,12,17,21-22H,8-11,13-15H2,1H3. The second-order valence-corrected chi connectivity index (χ2v) is 7.73. The van der Waals surface area contributed by atoms with Crippen molar-refractivity contribution in [1.29, 1.82) is 0 Å². The average molecular weight is 362 g/mol. The van der Waals surface area contributed by atoms with Gasteiger partial charge in [0.15, 0.2) is 0 Å². The van der Waals surface area contributed by atoms with E-state index in [2.05, 4.69) is 22.8 Å². The summed E-state index contributed by atoms with van der Waals surface area (Å²) in [6.07, 6.45) is 1.52. The fourth-order valence-corrected chi connectivity index (χ4v) is 4.20. The summed E-state index contributed by atoms with van der Waals surface area (Å²) in [5.41, 5.74) is 1.33. The van der Waals surface area contributed by atoms with Crippen LogP contribution in [0.2, 0.25) is 0 Å². The van der Waals surface area contributed by atoms with Crippen LogP contribution in [0.25, 0.3) is 0 Å². The Morgan fingerprint density at radius 1 is 1.24 bits per heavy atom. The molecule has 0 radical (unpaired) electrons. The fraction of sp³-hybridized carbons (Fsp3) is 0.500. The molecule has 2 heterocycles. The van der Waals surface area contributed by atoms with Gasteiger partial charge in [0.2, 0.25) is 0 Å². The van der Waals surface area contributed by atoms with Crippen LogP contribution in [-0.4, -0.2) is 44.1 Å². The highest BCUT2D eigenvalue weighted by molar-refractivity contribution is 7.10. The van der Waals surface area contributed by atoms with Crippen LogP contribution in [0.1, 0.15) is 23.3 Å². The number of rotatable bonds is 8. The molecular weight excluding hydrogens is 334 g/mol. The summed E-state index contributed by atoms with van der Waals surface area (Å²) in [5, 5.41) is 15.8. The van der Waals surface area contributed by atoms with E-state index >= 15 is 0 Å². The van der Waals surface area contributed by atoms with Gasteiger partial charge in [-0.25, -0.2) is 0 Å². The molecule has 2 N–H and O–H groups in total. The maximum Gasteiger partial charge on any atom is 0.119 e. The molecule has 3 rings (SSSR count). The number of aryl methyl sites for hydroxylation is 1. The van der Waals surface area contributed by atoms with Crippen molar-refractivity contribution in [2.24, 2.45) is 0 Å². The Morgan fingerprint density at radius 3 is 2.68 bits per heavy atom. The highest BCUT2D eigenvalue weighted by Crippen LogP contribution is 2.36. The third-order valence-corrected chi connectivity index (χ3v) is 5.92. The fourth-order valence-electron chi connectivity index (χ4n) is 3.22. The smallest absolute Gasteiger partial charge is 0.119 e. The first-order chi connectivity index (χ1) is 12.2. The van der Waals surface area contributed by atoms with Gasteiger partial charge in [0.05, 0.1) is 0 Å². The predicted octanol–water partition coefficient (Wildman–Crippen LogP) is 3.13. The van der Waals surface area contributed by atoms with Gasteiger partial charge in [0, 0.05) is 36.6 Å². The van der Waals surface area contributed by atoms with Gasteiger partial charge in [-0.15, -0.1) is 11.3 Å². The van der Waals surface area contributed by atoms with E-state index in [9.17, 15) is 5.11 Å². The Labute approximate surface area is 153 Å².